The lowest BCUT2D eigenvalue weighted by molar-refractivity contribution is 0.0307. The van der Waals surface area contributed by atoms with Crippen LogP contribution in [0, 0.1) is 0 Å². The summed E-state index contributed by atoms with van der Waals surface area (Å²) in [4.78, 5) is 2.24. The van der Waals surface area contributed by atoms with Gasteiger partial charge in [-0.3, -0.25) is 0 Å². The third kappa shape index (κ3) is 7.74. The quantitative estimate of drug-likeness (QED) is 0.697. The zero-order valence-electron chi connectivity index (χ0n) is 11.5. The molecule has 0 radical (unpaired) electrons. The molecule has 0 aromatic rings. The van der Waals surface area contributed by atoms with Gasteiger partial charge >= 0.3 is 0 Å². The van der Waals surface area contributed by atoms with Gasteiger partial charge in [0, 0.05) is 13.1 Å². The van der Waals surface area contributed by atoms with E-state index >= 15 is 0 Å². The highest BCUT2D eigenvalue weighted by molar-refractivity contribution is 4.64. The van der Waals surface area contributed by atoms with Crippen LogP contribution in [0.4, 0.5) is 0 Å². The van der Waals surface area contributed by atoms with E-state index in [1.807, 2.05) is 6.92 Å². The normalized spacial score (nSPS) is 20.5. The molecule has 1 aliphatic carbocycles. The van der Waals surface area contributed by atoms with Gasteiger partial charge in [-0.2, -0.15) is 0 Å². The zero-order chi connectivity index (χ0) is 12.5. The van der Waals surface area contributed by atoms with Gasteiger partial charge in [0.1, 0.15) is 0 Å². The molecular weight excluding hydrogens is 214 g/mol. The molecule has 1 fully saturated rings. The minimum atomic E-state index is -0.194. The molecule has 1 rings (SSSR count). The average Bonchev–Trinajstić information content (AvgIpc) is 2.55. The van der Waals surface area contributed by atoms with Crippen molar-refractivity contribution >= 4 is 0 Å². The molecule has 0 heterocycles. The van der Waals surface area contributed by atoms with Gasteiger partial charge in [0.15, 0.2) is 0 Å². The van der Waals surface area contributed by atoms with E-state index in [-0.39, 0.29) is 6.10 Å². The summed E-state index contributed by atoms with van der Waals surface area (Å²) in [6.07, 6.45) is 9.09. The van der Waals surface area contributed by atoms with E-state index in [4.69, 9.17) is 4.74 Å². The van der Waals surface area contributed by atoms with Crippen molar-refractivity contribution in [3.05, 3.63) is 0 Å². The largest absolute Gasteiger partial charge is 0.393 e. The summed E-state index contributed by atoms with van der Waals surface area (Å²) in [6, 6.07) is 0. The first-order chi connectivity index (χ1) is 8.18. The van der Waals surface area contributed by atoms with Crippen LogP contribution in [0.15, 0.2) is 0 Å². The van der Waals surface area contributed by atoms with Gasteiger partial charge in [-0.05, 0) is 33.2 Å². The Balaban J connectivity index is 2.01. The van der Waals surface area contributed by atoms with Crippen LogP contribution in [-0.2, 0) is 4.74 Å². The third-order valence-corrected chi connectivity index (χ3v) is 3.56. The highest BCUT2D eigenvalue weighted by Gasteiger charge is 2.12. The molecule has 1 unspecified atom stereocenters. The smallest absolute Gasteiger partial charge is 0.0597 e. The lowest BCUT2D eigenvalue weighted by atomic mass is 10.1. The van der Waals surface area contributed by atoms with Gasteiger partial charge in [-0.1, -0.05) is 25.7 Å². The Bertz CT molecular complexity index is 177. The lowest BCUT2D eigenvalue weighted by Crippen LogP contribution is -2.28. The fraction of sp³-hybridized carbons (Fsp3) is 1.00. The molecule has 1 N–H and O–H groups in total. The molecule has 0 spiro atoms. The van der Waals surface area contributed by atoms with Gasteiger partial charge < -0.3 is 14.7 Å². The van der Waals surface area contributed by atoms with Gasteiger partial charge in [0.25, 0.3) is 0 Å². The molecular formula is C14H29NO2. The molecule has 0 bridgehead atoms. The molecule has 17 heavy (non-hydrogen) atoms. The first-order valence-corrected chi connectivity index (χ1v) is 7.16. The Morgan fingerprint density at radius 1 is 1.18 bits per heavy atom. The molecule has 1 saturated carbocycles. The van der Waals surface area contributed by atoms with Crippen LogP contribution in [0.5, 0.6) is 0 Å². The van der Waals surface area contributed by atoms with Crippen LogP contribution in [-0.4, -0.2) is 49.0 Å². The summed E-state index contributed by atoms with van der Waals surface area (Å²) in [5.74, 6) is 0. The maximum Gasteiger partial charge on any atom is 0.0597 e. The zero-order valence-corrected chi connectivity index (χ0v) is 11.5. The number of ether oxygens (including phenoxy) is 1. The van der Waals surface area contributed by atoms with E-state index in [0.717, 1.165) is 26.1 Å². The first-order valence-electron chi connectivity index (χ1n) is 7.16. The molecule has 102 valence electrons. The molecule has 0 saturated heterocycles. The fourth-order valence-electron chi connectivity index (χ4n) is 2.30. The number of hydrogen-bond donors (Lipinski definition) is 1. The Kier molecular flexibility index (Phi) is 7.82. The number of aliphatic hydroxyl groups is 1. The third-order valence-electron chi connectivity index (χ3n) is 3.56. The SMILES string of the molecule is CC(O)CCN(C)CCOC1CCCCCC1. The van der Waals surface area contributed by atoms with Crippen molar-refractivity contribution in [3.8, 4) is 0 Å². The first kappa shape index (κ1) is 14.9. The summed E-state index contributed by atoms with van der Waals surface area (Å²) in [5, 5.41) is 9.20. The second-order valence-electron chi connectivity index (χ2n) is 5.43. The molecule has 0 aromatic heterocycles. The lowest BCUT2D eigenvalue weighted by Gasteiger charge is -2.20. The summed E-state index contributed by atoms with van der Waals surface area (Å²) in [5.41, 5.74) is 0. The van der Waals surface area contributed by atoms with Gasteiger partial charge in [-0.15, -0.1) is 0 Å². The fourth-order valence-corrected chi connectivity index (χ4v) is 2.30. The predicted octanol–water partition coefficient (Wildman–Crippen LogP) is 2.43. The maximum atomic E-state index is 9.20. The van der Waals surface area contributed by atoms with Crippen molar-refractivity contribution in [2.24, 2.45) is 0 Å². The van der Waals surface area contributed by atoms with Crippen LogP contribution in [0.3, 0.4) is 0 Å². The number of likely N-dealkylation sites (N-methyl/N-ethyl adjacent to an activating group) is 1. The van der Waals surface area contributed by atoms with Crippen LogP contribution >= 0.6 is 0 Å². The van der Waals surface area contributed by atoms with E-state index in [1.54, 1.807) is 0 Å². The monoisotopic (exact) mass is 243 g/mol. The predicted molar refractivity (Wildman–Crippen MR) is 71.2 cm³/mol. The number of rotatable bonds is 7. The summed E-state index contributed by atoms with van der Waals surface area (Å²) in [6.45, 7) is 4.60. The standard InChI is InChI=1S/C14H29NO2/c1-13(16)9-10-15(2)11-12-17-14-7-5-3-4-6-8-14/h13-14,16H,3-12H2,1-2H3. The van der Waals surface area contributed by atoms with Crippen molar-refractivity contribution in [2.45, 2.75) is 64.1 Å². The Morgan fingerprint density at radius 2 is 1.82 bits per heavy atom. The Morgan fingerprint density at radius 3 is 2.41 bits per heavy atom. The number of aliphatic hydroxyl groups excluding tert-OH is 1. The molecule has 0 amide bonds. The highest BCUT2D eigenvalue weighted by Crippen LogP contribution is 2.19. The van der Waals surface area contributed by atoms with Gasteiger partial charge in [0.05, 0.1) is 18.8 Å². The van der Waals surface area contributed by atoms with Gasteiger partial charge in [-0.25, -0.2) is 0 Å². The van der Waals surface area contributed by atoms with E-state index in [2.05, 4.69) is 11.9 Å². The Labute approximate surface area is 106 Å². The maximum absolute atomic E-state index is 9.20. The van der Waals surface area contributed by atoms with Crippen molar-refractivity contribution in [1.82, 2.24) is 4.90 Å². The minimum Gasteiger partial charge on any atom is -0.393 e. The molecule has 1 atom stereocenters. The summed E-state index contributed by atoms with van der Waals surface area (Å²) < 4.78 is 5.94. The molecule has 1 aliphatic rings. The minimum absolute atomic E-state index is 0.194. The van der Waals surface area contributed by atoms with Crippen molar-refractivity contribution < 1.29 is 9.84 Å². The topological polar surface area (TPSA) is 32.7 Å². The van der Waals surface area contributed by atoms with Crippen LogP contribution < -0.4 is 0 Å². The van der Waals surface area contributed by atoms with Crippen molar-refractivity contribution in [2.75, 3.05) is 26.7 Å². The Hall–Kier alpha value is -0.120. The van der Waals surface area contributed by atoms with E-state index in [1.165, 1.54) is 38.5 Å². The van der Waals surface area contributed by atoms with Crippen molar-refractivity contribution in [3.63, 3.8) is 0 Å². The second kappa shape index (κ2) is 8.90. The van der Waals surface area contributed by atoms with Crippen LogP contribution in [0.2, 0.25) is 0 Å². The summed E-state index contributed by atoms with van der Waals surface area (Å²) >= 11 is 0. The average molecular weight is 243 g/mol. The molecule has 3 heteroatoms. The van der Waals surface area contributed by atoms with E-state index in [0.29, 0.717) is 6.10 Å². The molecule has 0 aromatic carbocycles. The number of hydrogen-bond acceptors (Lipinski definition) is 3. The summed E-state index contributed by atoms with van der Waals surface area (Å²) in [7, 11) is 2.10. The van der Waals surface area contributed by atoms with Crippen LogP contribution in [0.1, 0.15) is 51.9 Å². The molecule has 3 nitrogen and oxygen atoms in total. The highest BCUT2D eigenvalue weighted by atomic mass is 16.5. The number of nitrogens with zero attached hydrogens (tertiary/aromatic N) is 1. The molecule has 0 aliphatic heterocycles. The van der Waals surface area contributed by atoms with E-state index in [9.17, 15) is 5.11 Å². The van der Waals surface area contributed by atoms with Gasteiger partial charge in [0.2, 0.25) is 0 Å². The second-order valence-corrected chi connectivity index (χ2v) is 5.43. The van der Waals surface area contributed by atoms with E-state index < -0.39 is 0 Å². The van der Waals surface area contributed by atoms with Crippen LogP contribution in [0.25, 0.3) is 0 Å². The van der Waals surface area contributed by atoms with Crippen molar-refractivity contribution in [1.29, 1.82) is 0 Å².